The van der Waals surface area contributed by atoms with Gasteiger partial charge in [-0.05, 0) is 48.9 Å². The molecule has 2 aromatic carbocycles. The van der Waals surface area contributed by atoms with E-state index in [2.05, 4.69) is 11.8 Å². The molecule has 0 aliphatic rings. The molecule has 0 heterocycles. The van der Waals surface area contributed by atoms with Crippen LogP contribution in [0, 0.1) is 18.8 Å². The van der Waals surface area contributed by atoms with E-state index >= 15 is 0 Å². The molecule has 19 heavy (non-hydrogen) atoms. The number of carbonyl (C=O) groups excluding carboxylic acids is 1. The number of Topliss-reactive ketones (excluding diaryl/α,β-unsaturated/α-hetero) is 1. The van der Waals surface area contributed by atoms with Crippen LogP contribution in [0.5, 0.6) is 0 Å². The highest BCUT2D eigenvalue weighted by Gasteiger charge is 2.07. The number of benzene rings is 2. The Bertz CT molecular complexity index is 662. The largest absolute Gasteiger partial charge is 0.279 e. The summed E-state index contributed by atoms with van der Waals surface area (Å²) in [6.07, 6.45) is 1.96. The van der Waals surface area contributed by atoms with Gasteiger partial charge in [0.25, 0.3) is 0 Å². The first-order valence-electron chi connectivity index (χ1n) is 5.97. The van der Waals surface area contributed by atoms with E-state index in [1.54, 1.807) is 11.8 Å². The smallest absolute Gasteiger partial charge is 0.237 e. The Morgan fingerprint density at radius 3 is 2.63 bits per heavy atom. The van der Waals surface area contributed by atoms with Crippen molar-refractivity contribution in [2.75, 3.05) is 6.26 Å². The highest BCUT2D eigenvalue weighted by molar-refractivity contribution is 7.98. The van der Waals surface area contributed by atoms with Gasteiger partial charge in [0, 0.05) is 16.0 Å². The summed E-state index contributed by atoms with van der Waals surface area (Å²) in [6, 6.07) is 15.4. The normalized spacial score (nSPS) is 9.58. The number of rotatable bonds is 2. The van der Waals surface area contributed by atoms with Crippen molar-refractivity contribution in [3.05, 3.63) is 65.2 Å². The lowest BCUT2D eigenvalue weighted by Gasteiger charge is -2.01. The summed E-state index contributed by atoms with van der Waals surface area (Å²) in [5.74, 6) is 5.51. The SMILES string of the molecule is CSc1ccccc1C(=O)C#Cc1cccc(C)c1. The Balaban J connectivity index is 2.27. The van der Waals surface area contributed by atoms with Crippen LogP contribution in [-0.2, 0) is 0 Å². The molecule has 0 radical (unpaired) electrons. The second kappa shape index (κ2) is 6.26. The van der Waals surface area contributed by atoms with Gasteiger partial charge in [-0.2, -0.15) is 0 Å². The third-order valence-corrected chi connectivity index (χ3v) is 3.49. The van der Waals surface area contributed by atoms with Gasteiger partial charge in [0.15, 0.2) is 0 Å². The summed E-state index contributed by atoms with van der Waals surface area (Å²) in [6.45, 7) is 2.01. The van der Waals surface area contributed by atoms with Crippen LogP contribution >= 0.6 is 11.8 Å². The molecule has 0 saturated carbocycles. The first-order chi connectivity index (χ1) is 9.20. The summed E-state index contributed by atoms with van der Waals surface area (Å²) in [4.78, 5) is 13.1. The van der Waals surface area contributed by atoms with E-state index in [1.165, 1.54) is 0 Å². The van der Waals surface area contributed by atoms with E-state index in [4.69, 9.17) is 0 Å². The second-order valence-corrected chi connectivity index (χ2v) is 5.00. The van der Waals surface area contributed by atoms with Crippen molar-refractivity contribution >= 4 is 17.5 Å². The van der Waals surface area contributed by atoms with Crippen molar-refractivity contribution in [3.63, 3.8) is 0 Å². The third-order valence-electron chi connectivity index (χ3n) is 2.69. The topological polar surface area (TPSA) is 17.1 Å². The molecule has 0 amide bonds. The van der Waals surface area contributed by atoms with E-state index < -0.39 is 0 Å². The summed E-state index contributed by atoms with van der Waals surface area (Å²) in [7, 11) is 0. The van der Waals surface area contributed by atoms with Gasteiger partial charge < -0.3 is 0 Å². The van der Waals surface area contributed by atoms with Crippen molar-refractivity contribution in [2.45, 2.75) is 11.8 Å². The van der Waals surface area contributed by atoms with E-state index in [0.717, 1.165) is 16.0 Å². The maximum atomic E-state index is 12.1. The van der Waals surface area contributed by atoms with Crippen LogP contribution < -0.4 is 0 Å². The zero-order valence-corrected chi connectivity index (χ0v) is 11.8. The van der Waals surface area contributed by atoms with E-state index in [0.29, 0.717) is 5.56 Å². The Morgan fingerprint density at radius 1 is 1.11 bits per heavy atom. The first-order valence-corrected chi connectivity index (χ1v) is 7.19. The minimum absolute atomic E-state index is 0.133. The minimum atomic E-state index is -0.133. The van der Waals surface area contributed by atoms with E-state index in [1.807, 2.05) is 61.7 Å². The zero-order valence-electron chi connectivity index (χ0n) is 10.9. The van der Waals surface area contributed by atoms with Gasteiger partial charge in [-0.15, -0.1) is 11.8 Å². The molecule has 0 aliphatic heterocycles. The first kappa shape index (κ1) is 13.5. The molecule has 1 nitrogen and oxygen atoms in total. The van der Waals surface area contributed by atoms with Crippen LogP contribution in [-0.4, -0.2) is 12.0 Å². The molecule has 0 aliphatic carbocycles. The summed E-state index contributed by atoms with van der Waals surface area (Å²) in [5, 5.41) is 0. The number of thioether (sulfide) groups is 1. The monoisotopic (exact) mass is 266 g/mol. The maximum absolute atomic E-state index is 12.1. The Morgan fingerprint density at radius 2 is 1.89 bits per heavy atom. The highest BCUT2D eigenvalue weighted by atomic mass is 32.2. The van der Waals surface area contributed by atoms with E-state index in [9.17, 15) is 4.79 Å². The predicted octanol–water partition coefficient (Wildman–Crippen LogP) is 3.95. The minimum Gasteiger partial charge on any atom is -0.279 e. The molecule has 0 fully saturated rings. The number of hydrogen-bond donors (Lipinski definition) is 0. The van der Waals surface area contributed by atoms with Gasteiger partial charge in [-0.3, -0.25) is 4.79 Å². The molecule has 0 aromatic heterocycles. The van der Waals surface area contributed by atoms with Gasteiger partial charge in [0.1, 0.15) is 0 Å². The highest BCUT2D eigenvalue weighted by Crippen LogP contribution is 2.19. The molecule has 0 saturated heterocycles. The molecule has 0 atom stereocenters. The van der Waals surface area contributed by atoms with Crippen molar-refractivity contribution < 1.29 is 4.79 Å². The molecule has 0 unspecified atom stereocenters. The Hall–Kier alpha value is -1.98. The Kier molecular flexibility index (Phi) is 4.43. The molecule has 0 spiro atoms. The molecule has 2 aromatic rings. The maximum Gasteiger partial charge on any atom is 0.237 e. The average molecular weight is 266 g/mol. The zero-order chi connectivity index (χ0) is 13.7. The van der Waals surface area contributed by atoms with Gasteiger partial charge in [-0.25, -0.2) is 0 Å². The molecule has 0 bridgehead atoms. The quantitative estimate of drug-likeness (QED) is 0.465. The second-order valence-electron chi connectivity index (χ2n) is 4.15. The van der Waals surface area contributed by atoms with Crippen LogP contribution in [0.4, 0.5) is 0 Å². The molecular weight excluding hydrogens is 252 g/mol. The fraction of sp³-hybridized carbons (Fsp3) is 0.118. The fourth-order valence-corrected chi connectivity index (χ4v) is 2.35. The van der Waals surface area contributed by atoms with Crippen LogP contribution in [0.15, 0.2) is 53.4 Å². The predicted molar refractivity (Wildman–Crippen MR) is 80.6 cm³/mol. The van der Waals surface area contributed by atoms with Gasteiger partial charge >= 0.3 is 0 Å². The lowest BCUT2D eigenvalue weighted by Crippen LogP contribution is -1.97. The van der Waals surface area contributed by atoms with Gasteiger partial charge in [0.05, 0.1) is 0 Å². The van der Waals surface area contributed by atoms with Crippen molar-refractivity contribution in [3.8, 4) is 11.8 Å². The molecule has 94 valence electrons. The molecular formula is C17H14OS. The lowest BCUT2D eigenvalue weighted by molar-refractivity contribution is 0.105. The van der Waals surface area contributed by atoms with Crippen molar-refractivity contribution in [2.24, 2.45) is 0 Å². The summed E-state index contributed by atoms with van der Waals surface area (Å²) < 4.78 is 0. The van der Waals surface area contributed by atoms with Crippen LogP contribution in [0.2, 0.25) is 0 Å². The number of aryl methyl sites for hydroxylation is 1. The van der Waals surface area contributed by atoms with Crippen LogP contribution in [0.3, 0.4) is 0 Å². The number of ketones is 1. The lowest BCUT2D eigenvalue weighted by atomic mass is 10.1. The van der Waals surface area contributed by atoms with Crippen molar-refractivity contribution in [1.29, 1.82) is 0 Å². The van der Waals surface area contributed by atoms with Crippen LogP contribution in [0.1, 0.15) is 21.5 Å². The summed E-state index contributed by atoms with van der Waals surface area (Å²) in [5.41, 5.74) is 2.69. The number of carbonyl (C=O) groups is 1. The van der Waals surface area contributed by atoms with Gasteiger partial charge in [0.2, 0.25) is 5.78 Å². The Labute approximate surface area is 118 Å². The van der Waals surface area contributed by atoms with Crippen molar-refractivity contribution in [1.82, 2.24) is 0 Å². The van der Waals surface area contributed by atoms with E-state index in [-0.39, 0.29) is 5.78 Å². The molecule has 0 N–H and O–H groups in total. The van der Waals surface area contributed by atoms with Crippen LogP contribution in [0.25, 0.3) is 0 Å². The molecule has 2 rings (SSSR count). The standard InChI is InChI=1S/C17H14OS/c1-13-6-5-7-14(12-13)10-11-16(18)15-8-3-4-9-17(15)19-2/h3-9,12H,1-2H3. The fourth-order valence-electron chi connectivity index (χ4n) is 1.75. The average Bonchev–Trinajstić information content (AvgIpc) is 2.45. The molecule has 2 heteroatoms. The summed E-state index contributed by atoms with van der Waals surface area (Å²) >= 11 is 1.56. The number of hydrogen-bond acceptors (Lipinski definition) is 2. The third kappa shape index (κ3) is 3.49. The van der Waals surface area contributed by atoms with Gasteiger partial charge in [-0.1, -0.05) is 30.2 Å².